The Kier molecular flexibility index (Phi) is 9.25. The third-order valence-electron chi connectivity index (χ3n) is 2.81. The SMILES string of the molecule is C=CN=C(/C=C(\C)NCCNC(C)=O)C(=O)NC(C)C(=C)C. The highest BCUT2D eigenvalue weighted by Gasteiger charge is 2.12. The normalized spacial score (nSPS) is 13.1. The van der Waals surface area contributed by atoms with E-state index in [-0.39, 0.29) is 23.6 Å². The molecule has 0 aliphatic rings. The van der Waals surface area contributed by atoms with Gasteiger partial charge in [-0.05, 0) is 26.8 Å². The molecule has 0 bridgehead atoms. The summed E-state index contributed by atoms with van der Waals surface area (Å²) in [5, 5.41) is 8.57. The van der Waals surface area contributed by atoms with Crippen molar-refractivity contribution in [3.63, 3.8) is 0 Å². The van der Waals surface area contributed by atoms with Gasteiger partial charge >= 0.3 is 0 Å². The minimum atomic E-state index is -0.293. The van der Waals surface area contributed by atoms with Crippen molar-refractivity contribution in [2.24, 2.45) is 4.99 Å². The highest BCUT2D eigenvalue weighted by Crippen LogP contribution is 1.98. The van der Waals surface area contributed by atoms with Gasteiger partial charge in [0.2, 0.25) is 5.91 Å². The van der Waals surface area contributed by atoms with Crippen molar-refractivity contribution in [1.29, 1.82) is 0 Å². The predicted molar refractivity (Wildman–Crippen MR) is 90.5 cm³/mol. The Labute approximate surface area is 132 Å². The highest BCUT2D eigenvalue weighted by molar-refractivity contribution is 6.43. The molecule has 0 rings (SSSR count). The molecule has 0 aromatic rings. The summed E-state index contributed by atoms with van der Waals surface area (Å²) in [6.07, 6.45) is 2.96. The van der Waals surface area contributed by atoms with E-state index in [1.54, 1.807) is 6.08 Å². The molecule has 0 saturated carbocycles. The Morgan fingerprint density at radius 2 is 1.77 bits per heavy atom. The predicted octanol–water partition coefficient (Wildman–Crippen LogP) is 1.28. The maximum Gasteiger partial charge on any atom is 0.270 e. The van der Waals surface area contributed by atoms with Gasteiger partial charge in [0, 0.05) is 38.0 Å². The third kappa shape index (κ3) is 8.73. The molecule has 22 heavy (non-hydrogen) atoms. The van der Waals surface area contributed by atoms with Gasteiger partial charge in [-0.2, -0.15) is 0 Å². The van der Waals surface area contributed by atoms with Gasteiger partial charge in [-0.15, -0.1) is 0 Å². The largest absolute Gasteiger partial charge is 0.387 e. The monoisotopic (exact) mass is 306 g/mol. The number of hydrogen-bond donors (Lipinski definition) is 3. The van der Waals surface area contributed by atoms with Gasteiger partial charge in [-0.3, -0.25) is 14.6 Å². The molecule has 1 unspecified atom stereocenters. The zero-order valence-electron chi connectivity index (χ0n) is 13.8. The Balaban J connectivity index is 4.67. The molecule has 2 amide bonds. The summed E-state index contributed by atoms with van der Waals surface area (Å²) < 4.78 is 0. The van der Waals surface area contributed by atoms with E-state index in [9.17, 15) is 9.59 Å². The molecule has 0 saturated heterocycles. The maximum absolute atomic E-state index is 12.1. The Morgan fingerprint density at radius 3 is 2.27 bits per heavy atom. The number of nitrogens with zero attached hydrogens (tertiary/aromatic N) is 1. The van der Waals surface area contributed by atoms with Crippen molar-refractivity contribution in [1.82, 2.24) is 16.0 Å². The first-order chi connectivity index (χ1) is 10.3. The van der Waals surface area contributed by atoms with Gasteiger partial charge in [0.05, 0.1) is 0 Å². The lowest BCUT2D eigenvalue weighted by molar-refractivity contribution is -0.119. The van der Waals surface area contributed by atoms with Gasteiger partial charge in [0.1, 0.15) is 5.71 Å². The van der Waals surface area contributed by atoms with Crippen molar-refractivity contribution < 1.29 is 9.59 Å². The zero-order chi connectivity index (χ0) is 17.1. The molecule has 1 atom stereocenters. The fraction of sp³-hybridized carbons (Fsp3) is 0.438. The second-order valence-corrected chi connectivity index (χ2v) is 4.98. The summed E-state index contributed by atoms with van der Waals surface area (Å²) in [5.41, 5.74) is 1.89. The topological polar surface area (TPSA) is 82.6 Å². The van der Waals surface area contributed by atoms with Crippen molar-refractivity contribution in [3.8, 4) is 0 Å². The first-order valence-corrected chi connectivity index (χ1v) is 7.09. The fourth-order valence-corrected chi connectivity index (χ4v) is 1.41. The van der Waals surface area contributed by atoms with Crippen LogP contribution in [0.5, 0.6) is 0 Å². The van der Waals surface area contributed by atoms with Gasteiger partial charge in [-0.1, -0.05) is 18.7 Å². The number of aliphatic imine (C=N–C) groups is 1. The Morgan fingerprint density at radius 1 is 1.18 bits per heavy atom. The fourth-order valence-electron chi connectivity index (χ4n) is 1.41. The number of allylic oxidation sites excluding steroid dienone is 1. The highest BCUT2D eigenvalue weighted by atomic mass is 16.2. The minimum Gasteiger partial charge on any atom is -0.387 e. The molecule has 0 aliphatic carbocycles. The average molecular weight is 306 g/mol. The molecule has 122 valence electrons. The molecule has 6 heteroatoms. The Bertz CT molecular complexity index is 492. The van der Waals surface area contributed by atoms with E-state index in [1.807, 2.05) is 20.8 Å². The van der Waals surface area contributed by atoms with E-state index in [4.69, 9.17) is 0 Å². The summed E-state index contributed by atoms with van der Waals surface area (Å²) in [5.74, 6) is -0.371. The molecule has 0 aliphatic heterocycles. The summed E-state index contributed by atoms with van der Waals surface area (Å²) in [6, 6.07) is -0.135. The second-order valence-electron chi connectivity index (χ2n) is 4.98. The number of rotatable bonds is 9. The molecule has 6 nitrogen and oxygen atoms in total. The molecule has 0 aromatic heterocycles. The van der Waals surface area contributed by atoms with Gasteiger partial charge in [0.25, 0.3) is 5.91 Å². The molecule has 0 spiro atoms. The van der Waals surface area contributed by atoms with Crippen LogP contribution in [0.4, 0.5) is 0 Å². The third-order valence-corrected chi connectivity index (χ3v) is 2.81. The first kappa shape index (κ1) is 19.6. The van der Waals surface area contributed by atoms with Crippen LogP contribution in [0.25, 0.3) is 0 Å². The van der Waals surface area contributed by atoms with E-state index in [0.29, 0.717) is 13.1 Å². The minimum absolute atomic E-state index is 0.0782. The standard InChI is InChI=1S/C16H26N4O2/c1-7-17-15(16(22)20-13(5)11(2)3)10-12(4)18-8-9-19-14(6)21/h7,10,13,18H,1-2,8-9H2,3-6H3,(H,19,21)(H,20,22)/b12-10+,17-15?. The molecular weight excluding hydrogens is 280 g/mol. The number of carbonyl (C=O) groups excluding carboxylic acids is 2. The molecule has 0 fully saturated rings. The second kappa shape index (κ2) is 10.4. The molecule has 0 heterocycles. The van der Waals surface area contributed by atoms with Crippen LogP contribution in [0.15, 0.2) is 41.7 Å². The van der Waals surface area contributed by atoms with Crippen LogP contribution in [0.3, 0.4) is 0 Å². The van der Waals surface area contributed by atoms with Crippen LogP contribution < -0.4 is 16.0 Å². The van der Waals surface area contributed by atoms with Crippen LogP contribution in [0, 0.1) is 0 Å². The van der Waals surface area contributed by atoms with E-state index >= 15 is 0 Å². The van der Waals surface area contributed by atoms with Crippen LogP contribution in [0.2, 0.25) is 0 Å². The number of amides is 2. The number of carbonyl (C=O) groups is 2. The van der Waals surface area contributed by atoms with Crippen molar-refractivity contribution >= 4 is 17.5 Å². The summed E-state index contributed by atoms with van der Waals surface area (Å²) in [7, 11) is 0. The van der Waals surface area contributed by atoms with Crippen molar-refractivity contribution in [2.75, 3.05) is 13.1 Å². The van der Waals surface area contributed by atoms with E-state index in [1.165, 1.54) is 13.1 Å². The maximum atomic E-state index is 12.1. The lowest BCUT2D eigenvalue weighted by Gasteiger charge is -2.14. The molecular formula is C16H26N4O2. The first-order valence-electron chi connectivity index (χ1n) is 7.09. The van der Waals surface area contributed by atoms with Crippen LogP contribution >= 0.6 is 0 Å². The van der Waals surface area contributed by atoms with Crippen molar-refractivity contribution in [2.45, 2.75) is 33.7 Å². The van der Waals surface area contributed by atoms with Gasteiger partial charge in [-0.25, -0.2) is 0 Å². The number of hydrogen-bond acceptors (Lipinski definition) is 4. The van der Waals surface area contributed by atoms with Gasteiger partial charge in [0.15, 0.2) is 0 Å². The molecule has 0 radical (unpaired) electrons. The summed E-state index contributed by atoms with van der Waals surface area (Å²) in [4.78, 5) is 26.9. The average Bonchev–Trinajstić information content (AvgIpc) is 2.42. The lowest BCUT2D eigenvalue weighted by Crippen LogP contribution is -2.38. The smallest absolute Gasteiger partial charge is 0.270 e. The zero-order valence-corrected chi connectivity index (χ0v) is 13.8. The molecule has 0 aromatic carbocycles. The van der Waals surface area contributed by atoms with E-state index in [0.717, 1.165) is 11.3 Å². The lowest BCUT2D eigenvalue weighted by atomic mass is 10.1. The van der Waals surface area contributed by atoms with Crippen LogP contribution in [-0.4, -0.2) is 36.7 Å². The van der Waals surface area contributed by atoms with Crippen molar-refractivity contribution in [3.05, 3.63) is 36.7 Å². The summed E-state index contributed by atoms with van der Waals surface area (Å²) >= 11 is 0. The van der Waals surface area contributed by atoms with Gasteiger partial charge < -0.3 is 16.0 Å². The Hall–Kier alpha value is -2.37. The number of nitrogens with one attached hydrogen (secondary N) is 3. The summed E-state index contributed by atoms with van der Waals surface area (Å²) in [6.45, 7) is 15.4. The molecule has 3 N–H and O–H groups in total. The quantitative estimate of drug-likeness (QED) is 0.341. The van der Waals surface area contributed by atoms with E-state index in [2.05, 4.69) is 34.1 Å². The van der Waals surface area contributed by atoms with Crippen LogP contribution in [-0.2, 0) is 9.59 Å². The van der Waals surface area contributed by atoms with Crippen LogP contribution in [0.1, 0.15) is 27.7 Å². The van der Waals surface area contributed by atoms with E-state index < -0.39 is 0 Å².